The van der Waals surface area contributed by atoms with Crippen molar-refractivity contribution < 1.29 is 0 Å². The van der Waals surface area contributed by atoms with Crippen molar-refractivity contribution >= 4 is 16.9 Å². The molecule has 4 aromatic rings. The van der Waals surface area contributed by atoms with Crippen LogP contribution in [0, 0.1) is 6.92 Å². The molecule has 26 heavy (non-hydrogen) atoms. The number of benzene rings is 1. The fourth-order valence-electron chi connectivity index (χ4n) is 3.44. The molecule has 134 valence electrons. The van der Waals surface area contributed by atoms with Crippen LogP contribution in [-0.4, -0.2) is 23.1 Å². The first kappa shape index (κ1) is 16.4. The molecule has 7 nitrogen and oxygen atoms in total. The van der Waals surface area contributed by atoms with Gasteiger partial charge < -0.3 is 4.57 Å². The molecule has 0 aliphatic rings. The summed E-state index contributed by atoms with van der Waals surface area (Å²) in [6, 6.07) is 10.1. The van der Waals surface area contributed by atoms with Gasteiger partial charge in [-0.05, 0) is 18.9 Å². The number of fused-ring (bicyclic) bond motifs is 3. The Morgan fingerprint density at radius 1 is 1.08 bits per heavy atom. The van der Waals surface area contributed by atoms with Crippen LogP contribution < -0.4 is 11.2 Å². The van der Waals surface area contributed by atoms with E-state index in [9.17, 15) is 9.59 Å². The average Bonchev–Trinajstić information content (AvgIpc) is 3.14. The van der Waals surface area contributed by atoms with E-state index in [1.165, 1.54) is 9.13 Å². The van der Waals surface area contributed by atoms with Crippen molar-refractivity contribution in [2.24, 2.45) is 7.05 Å². The van der Waals surface area contributed by atoms with Crippen LogP contribution in [0.2, 0.25) is 0 Å². The predicted octanol–water partition coefficient (Wildman–Crippen LogP) is 1.92. The van der Waals surface area contributed by atoms with Gasteiger partial charge in [0.15, 0.2) is 11.2 Å². The van der Waals surface area contributed by atoms with E-state index in [1.54, 1.807) is 7.05 Å². The summed E-state index contributed by atoms with van der Waals surface area (Å²) in [5.41, 5.74) is 2.42. The molecule has 0 bridgehead atoms. The molecule has 0 saturated heterocycles. The largest absolute Gasteiger partial charge is 0.332 e. The van der Waals surface area contributed by atoms with Gasteiger partial charge in [0.2, 0.25) is 5.78 Å². The summed E-state index contributed by atoms with van der Waals surface area (Å²) in [4.78, 5) is 30.1. The van der Waals surface area contributed by atoms with Gasteiger partial charge in [0, 0.05) is 25.5 Å². The van der Waals surface area contributed by atoms with Crippen molar-refractivity contribution in [1.82, 2.24) is 23.1 Å². The summed E-state index contributed by atoms with van der Waals surface area (Å²) >= 11 is 0. The second-order valence-electron chi connectivity index (χ2n) is 6.59. The van der Waals surface area contributed by atoms with Crippen molar-refractivity contribution in [3.8, 4) is 0 Å². The van der Waals surface area contributed by atoms with Crippen LogP contribution in [0.3, 0.4) is 0 Å². The van der Waals surface area contributed by atoms with Gasteiger partial charge in [0.05, 0.1) is 6.54 Å². The van der Waals surface area contributed by atoms with Gasteiger partial charge in [-0.1, -0.05) is 37.3 Å². The molecule has 0 spiro atoms. The van der Waals surface area contributed by atoms with Gasteiger partial charge in [-0.15, -0.1) is 0 Å². The standard InChI is InChI=1S/C19H21N5O2/c1-4-10-22-17(25)15-16(21(3)19(22)26)20-18-23(13(2)11-24(15)18)12-14-8-6-5-7-9-14/h5-9,11H,4,10,12H2,1-3H3. The minimum Gasteiger partial charge on any atom is -0.310 e. The lowest BCUT2D eigenvalue weighted by Crippen LogP contribution is -2.39. The molecule has 0 saturated carbocycles. The van der Waals surface area contributed by atoms with E-state index in [0.29, 0.717) is 30.0 Å². The Morgan fingerprint density at radius 3 is 2.50 bits per heavy atom. The smallest absolute Gasteiger partial charge is 0.310 e. The molecule has 7 heteroatoms. The maximum atomic E-state index is 12.9. The molecule has 3 heterocycles. The molecule has 0 N–H and O–H groups in total. The summed E-state index contributed by atoms with van der Waals surface area (Å²) < 4.78 is 6.62. The Hall–Kier alpha value is -3.09. The van der Waals surface area contributed by atoms with Gasteiger partial charge in [-0.2, -0.15) is 4.98 Å². The third-order valence-corrected chi connectivity index (χ3v) is 4.77. The maximum Gasteiger partial charge on any atom is 0.332 e. The zero-order valence-electron chi connectivity index (χ0n) is 15.1. The van der Waals surface area contributed by atoms with Crippen molar-refractivity contribution in [3.05, 3.63) is 68.6 Å². The highest BCUT2D eigenvalue weighted by Gasteiger charge is 2.19. The average molecular weight is 351 g/mol. The van der Waals surface area contributed by atoms with Crippen molar-refractivity contribution in [3.63, 3.8) is 0 Å². The van der Waals surface area contributed by atoms with Crippen LogP contribution in [0.1, 0.15) is 24.6 Å². The second kappa shape index (κ2) is 6.01. The minimum absolute atomic E-state index is 0.283. The number of hydrogen-bond acceptors (Lipinski definition) is 3. The Morgan fingerprint density at radius 2 is 1.81 bits per heavy atom. The van der Waals surface area contributed by atoms with Gasteiger partial charge in [0.1, 0.15) is 0 Å². The molecule has 1 aromatic carbocycles. The summed E-state index contributed by atoms with van der Waals surface area (Å²) in [5, 5.41) is 0. The Bertz CT molecular complexity index is 1220. The molecule has 0 unspecified atom stereocenters. The molecule has 0 aliphatic carbocycles. The second-order valence-corrected chi connectivity index (χ2v) is 6.59. The first-order chi connectivity index (χ1) is 12.5. The molecule has 0 amide bonds. The number of aryl methyl sites for hydroxylation is 2. The molecule has 3 aromatic heterocycles. The SMILES string of the molecule is CCCn1c(=O)c2c(nc3n(Cc4ccccc4)c(C)cn23)n(C)c1=O. The van der Waals surface area contributed by atoms with E-state index in [4.69, 9.17) is 0 Å². The van der Waals surface area contributed by atoms with Crippen molar-refractivity contribution in [2.45, 2.75) is 33.4 Å². The van der Waals surface area contributed by atoms with Crippen LogP contribution in [-0.2, 0) is 20.1 Å². The highest BCUT2D eigenvalue weighted by molar-refractivity contribution is 5.75. The molecule has 4 rings (SSSR count). The van der Waals surface area contributed by atoms with Crippen molar-refractivity contribution in [1.29, 1.82) is 0 Å². The predicted molar refractivity (Wildman–Crippen MR) is 101 cm³/mol. The molecule has 0 fully saturated rings. The number of hydrogen-bond donors (Lipinski definition) is 0. The molecular weight excluding hydrogens is 330 g/mol. The van der Waals surface area contributed by atoms with E-state index in [-0.39, 0.29) is 11.2 Å². The first-order valence-corrected chi connectivity index (χ1v) is 8.74. The van der Waals surface area contributed by atoms with E-state index >= 15 is 0 Å². The first-order valence-electron chi connectivity index (χ1n) is 8.74. The normalized spacial score (nSPS) is 11.7. The van der Waals surface area contributed by atoms with Gasteiger partial charge in [-0.3, -0.25) is 18.3 Å². The van der Waals surface area contributed by atoms with Crippen LogP contribution >= 0.6 is 0 Å². The lowest BCUT2D eigenvalue weighted by molar-refractivity contribution is 0.592. The lowest BCUT2D eigenvalue weighted by atomic mass is 10.2. The fraction of sp³-hybridized carbons (Fsp3) is 0.316. The van der Waals surface area contributed by atoms with Crippen LogP contribution in [0.5, 0.6) is 0 Å². The quantitative estimate of drug-likeness (QED) is 0.564. The lowest BCUT2D eigenvalue weighted by Gasteiger charge is -2.06. The van der Waals surface area contributed by atoms with Crippen LogP contribution in [0.25, 0.3) is 16.9 Å². The molecule has 0 radical (unpaired) electrons. The zero-order valence-corrected chi connectivity index (χ0v) is 15.1. The van der Waals surface area contributed by atoms with Gasteiger partial charge >= 0.3 is 5.69 Å². The zero-order chi connectivity index (χ0) is 18.4. The highest BCUT2D eigenvalue weighted by Crippen LogP contribution is 2.17. The summed E-state index contributed by atoms with van der Waals surface area (Å²) in [6.07, 6.45) is 2.63. The highest BCUT2D eigenvalue weighted by atomic mass is 16.2. The Kier molecular flexibility index (Phi) is 3.79. The number of rotatable bonds is 4. The fourth-order valence-corrected chi connectivity index (χ4v) is 3.44. The van der Waals surface area contributed by atoms with E-state index in [0.717, 1.165) is 17.7 Å². The van der Waals surface area contributed by atoms with E-state index in [2.05, 4.69) is 21.7 Å². The van der Waals surface area contributed by atoms with E-state index < -0.39 is 0 Å². The minimum atomic E-state index is -0.323. The van der Waals surface area contributed by atoms with Gasteiger partial charge in [-0.25, -0.2) is 4.79 Å². The Balaban J connectivity index is 2.02. The third kappa shape index (κ3) is 2.31. The van der Waals surface area contributed by atoms with Crippen molar-refractivity contribution in [2.75, 3.05) is 0 Å². The number of nitrogens with zero attached hydrogens (tertiary/aromatic N) is 5. The summed E-state index contributed by atoms with van der Waals surface area (Å²) in [6.45, 7) is 5.00. The summed E-state index contributed by atoms with van der Waals surface area (Å²) in [7, 11) is 1.66. The third-order valence-electron chi connectivity index (χ3n) is 4.77. The monoisotopic (exact) mass is 351 g/mol. The van der Waals surface area contributed by atoms with Crippen LogP contribution in [0.15, 0.2) is 46.1 Å². The molecule has 0 atom stereocenters. The molecular formula is C19H21N5O2. The maximum absolute atomic E-state index is 12.9. The number of imidazole rings is 2. The molecule has 0 aliphatic heterocycles. The van der Waals surface area contributed by atoms with Crippen LogP contribution in [0.4, 0.5) is 0 Å². The summed E-state index contributed by atoms with van der Waals surface area (Å²) in [5.74, 6) is 0.669. The van der Waals surface area contributed by atoms with Gasteiger partial charge in [0.25, 0.3) is 5.56 Å². The van der Waals surface area contributed by atoms with E-state index in [1.807, 2.05) is 42.6 Å². The number of aromatic nitrogens is 5. The Labute approximate surface area is 149 Å². The topological polar surface area (TPSA) is 66.2 Å².